The summed E-state index contributed by atoms with van der Waals surface area (Å²) in [6.45, 7) is 0. The minimum absolute atomic E-state index is 0. The largest absolute Gasteiger partial charge is 4.00 e. The van der Waals surface area contributed by atoms with Crippen LogP contribution in [-0.2, 0) is 78.6 Å². The first-order chi connectivity index (χ1) is 0. The predicted molar refractivity (Wildman–Crippen MR) is 23.2 cm³/mol. The molecule has 0 bridgehead atoms. The van der Waals surface area contributed by atoms with Gasteiger partial charge in [0, 0.05) is 22.3 Å². The van der Waals surface area contributed by atoms with Gasteiger partial charge in [-0.05, 0) is 0 Å². The summed E-state index contributed by atoms with van der Waals surface area (Å²) in [6.07, 6.45) is 0. The Kier molecular flexibility index (Phi) is 5430. The summed E-state index contributed by atoms with van der Waals surface area (Å²) in [7, 11) is 0. The molecular weight excluding hydrogens is 366 g/mol. The van der Waals surface area contributed by atoms with Crippen molar-refractivity contribution in [2.45, 2.75) is 0 Å². The first-order valence-corrected chi connectivity index (χ1v) is 0. The van der Waals surface area contributed by atoms with E-state index in [1.54, 1.807) is 0 Å². The van der Waals surface area contributed by atoms with Crippen molar-refractivity contribution in [3.05, 3.63) is 46.9 Å². The molecule has 0 aliphatic rings. The molecule has 0 N–H and O–H groups in total. The van der Waals surface area contributed by atoms with E-state index in [0.717, 1.165) is 0 Å². The van der Waals surface area contributed by atoms with Gasteiger partial charge < -0.3 is 24.6 Å². The van der Waals surface area contributed by atoms with Crippen LogP contribution in [0.2, 0.25) is 0 Å². The molecule has 0 unspecified atom stereocenters. The Labute approximate surface area is 124 Å². The molecule has 0 atom stereocenters. The molecule has 0 saturated carbocycles. The van der Waals surface area contributed by atoms with Crippen molar-refractivity contribution in [3.63, 3.8) is 0 Å². The third kappa shape index (κ3) is 152. The first-order valence-electron chi connectivity index (χ1n) is 0. The minimum Gasteiger partial charge on any atom is -3.00 e. The van der Waals surface area contributed by atoms with E-state index in [9.17, 15) is 0 Å². The van der Waals surface area contributed by atoms with Crippen molar-refractivity contribution in [2.24, 2.45) is 0 Å². The van der Waals surface area contributed by atoms with Crippen molar-refractivity contribution in [1.82, 2.24) is 0 Å². The van der Waals surface area contributed by atoms with Crippen LogP contribution in [-0.4, -0.2) is 0 Å². The van der Waals surface area contributed by atoms with Gasteiger partial charge in [-0.15, -0.1) is 0 Å². The van der Waals surface area contributed by atoms with E-state index in [-0.39, 0.29) is 125 Å². The SMILES string of the molecule is [C].[C].[C].[N-3].[N-3].[N-3].[N-3].[Zr+4].[Zr+4].[Zr+4]. The van der Waals surface area contributed by atoms with Crippen LogP contribution in [0.15, 0.2) is 0 Å². The first kappa shape index (κ1) is 266. The maximum Gasteiger partial charge on any atom is 4.00 e. The quantitative estimate of drug-likeness (QED) is 0.616. The van der Waals surface area contributed by atoms with Crippen molar-refractivity contribution >= 4 is 0 Å². The van der Waals surface area contributed by atoms with E-state index in [0.29, 0.717) is 0 Å². The van der Waals surface area contributed by atoms with Gasteiger partial charge in [0.05, 0.1) is 0 Å². The molecule has 0 fully saturated rings. The summed E-state index contributed by atoms with van der Waals surface area (Å²) in [5.41, 5.74) is 0. The Morgan fingerprint density at radius 1 is 0.300 bits per heavy atom. The van der Waals surface area contributed by atoms with E-state index >= 15 is 0 Å². The van der Waals surface area contributed by atoms with Gasteiger partial charge in [-0.25, -0.2) is 0 Å². The van der Waals surface area contributed by atoms with Crippen LogP contribution in [0.4, 0.5) is 0 Å². The Bertz CT molecular complexity index is 15.7. The van der Waals surface area contributed by atoms with Crippen LogP contribution in [0.25, 0.3) is 24.6 Å². The zero-order chi connectivity index (χ0) is 0. The zero-order valence-electron chi connectivity index (χ0n) is 4.79. The topological polar surface area (TPSA) is 122 Å². The Morgan fingerprint density at radius 3 is 0.300 bits per heavy atom. The van der Waals surface area contributed by atoms with Gasteiger partial charge in [0.25, 0.3) is 0 Å². The molecule has 0 aliphatic heterocycles. The summed E-state index contributed by atoms with van der Waals surface area (Å²) in [4.78, 5) is 0. The summed E-state index contributed by atoms with van der Waals surface area (Å²) < 4.78 is 0. The van der Waals surface area contributed by atoms with Crippen LogP contribution in [0, 0.1) is 22.3 Å². The molecule has 0 aliphatic carbocycles. The molecule has 0 rings (SSSR count). The number of hydrogen-bond donors (Lipinski definition) is 0. The van der Waals surface area contributed by atoms with Crippen LogP contribution in [0.3, 0.4) is 0 Å². The second kappa shape index (κ2) is 204. The molecule has 0 aromatic heterocycles. The van der Waals surface area contributed by atoms with E-state index in [1.165, 1.54) is 0 Å². The molecule has 4 nitrogen and oxygen atoms in total. The van der Waals surface area contributed by atoms with Crippen molar-refractivity contribution in [2.75, 3.05) is 0 Å². The summed E-state index contributed by atoms with van der Waals surface area (Å²) in [5, 5.41) is 0. The molecule has 0 saturated heterocycles. The second-order valence-corrected chi connectivity index (χ2v) is 0. The Morgan fingerprint density at radius 2 is 0.300 bits per heavy atom. The Balaban J connectivity index is 0. The monoisotopic (exact) mass is 362 g/mol. The van der Waals surface area contributed by atoms with Crippen LogP contribution in [0.1, 0.15) is 0 Å². The van der Waals surface area contributed by atoms with Gasteiger partial charge in [-0.1, -0.05) is 0 Å². The van der Waals surface area contributed by atoms with Gasteiger partial charge in [-0.2, -0.15) is 0 Å². The third-order valence-corrected chi connectivity index (χ3v) is 0. The van der Waals surface area contributed by atoms with E-state index in [2.05, 4.69) is 0 Å². The normalized spacial score (nSPS) is 0. The van der Waals surface area contributed by atoms with Gasteiger partial charge in [0.15, 0.2) is 0 Å². The van der Waals surface area contributed by atoms with Crippen LogP contribution in [0.5, 0.6) is 0 Å². The molecular formula is C3N4Zr3. The molecule has 0 aromatic carbocycles. The maximum atomic E-state index is 0. The van der Waals surface area contributed by atoms with Crippen molar-refractivity contribution in [1.29, 1.82) is 0 Å². The van der Waals surface area contributed by atoms with Gasteiger partial charge in [0.2, 0.25) is 0 Å². The summed E-state index contributed by atoms with van der Waals surface area (Å²) in [5.74, 6) is 0. The minimum atomic E-state index is 0. The molecule has 7 heteroatoms. The fraction of sp³-hybridized carbons (Fsp3) is 0. The number of nitrogens with zero attached hydrogens (tertiary/aromatic N) is 4. The maximum absolute atomic E-state index is 0. The molecule has 0 amide bonds. The van der Waals surface area contributed by atoms with E-state index in [1.807, 2.05) is 0 Å². The average molecular weight is 366 g/mol. The van der Waals surface area contributed by atoms with Crippen molar-refractivity contribution < 1.29 is 78.6 Å². The van der Waals surface area contributed by atoms with Gasteiger partial charge in [0.1, 0.15) is 0 Å². The smallest absolute Gasteiger partial charge is 3.00 e. The average Bonchev–Trinajstić information content (AvgIpc) is 0. The van der Waals surface area contributed by atoms with Gasteiger partial charge in [-0.3, -0.25) is 0 Å². The molecule has 0 heterocycles. The van der Waals surface area contributed by atoms with Crippen LogP contribution >= 0.6 is 0 Å². The summed E-state index contributed by atoms with van der Waals surface area (Å²) >= 11 is 0. The molecule has 0 spiro atoms. The Hall–Kier alpha value is 2.49. The predicted octanol–water partition coefficient (Wildman–Crippen LogP) is 1.39. The van der Waals surface area contributed by atoms with Crippen LogP contribution < -0.4 is 0 Å². The third-order valence-electron chi connectivity index (χ3n) is 0. The van der Waals surface area contributed by atoms with E-state index in [4.69, 9.17) is 0 Å². The second-order valence-electron chi connectivity index (χ2n) is 0. The molecule has 10 heavy (non-hydrogen) atoms. The summed E-state index contributed by atoms with van der Waals surface area (Å²) in [6, 6.07) is 0. The number of rotatable bonds is 0. The van der Waals surface area contributed by atoms with Gasteiger partial charge >= 0.3 is 78.6 Å². The molecule has 44 valence electrons. The standard InChI is InChI=1S/3C.4N.3Zr/q;;;4*-3;3*+4. The molecule has 12 radical (unpaired) electrons. The fourth-order valence-corrected chi connectivity index (χ4v) is 0. The zero-order valence-corrected chi connectivity index (χ0v) is 12.2. The van der Waals surface area contributed by atoms with E-state index < -0.39 is 0 Å². The number of hydrogen-bond acceptors (Lipinski definition) is 0. The fourth-order valence-electron chi connectivity index (χ4n) is 0. The van der Waals surface area contributed by atoms with Crippen molar-refractivity contribution in [3.8, 4) is 0 Å². The molecule has 0 aromatic rings.